The molecular formula is C28H27N3O3. The van der Waals surface area contributed by atoms with E-state index in [4.69, 9.17) is 0 Å². The maximum Gasteiger partial charge on any atom is 0.262 e. The molecule has 2 aliphatic heterocycles. The van der Waals surface area contributed by atoms with E-state index in [2.05, 4.69) is 24.4 Å². The van der Waals surface area contributed by atoms with Crippen molar-refractivity contribution >= 4 is 29.1 Å². The van der Waals surface area contributed by atoms with E-state index in [1.54, 1.807) is 29.2 Å². The zero-order valence-corrected chi connectivity index (χ0v) is 19.5. The lowest BCUT2D eigenvalue weighted by molar-refractivity contribution is -0.119. The number of rotatable bonds is 4. The summed E-state index contributed by atoms with van der Waals surface area (Å²) in [6.45, 7) is 5.80. The van der Waals surface area contributed by atoms with Crippen molar-refractivity contribution in [1.82, 2.24) is 4.90 Å². The number of carbonyl (C=O) groups is 3. The van der Waals surface area contributed by atoms with Gasteiger partial charge in [-0.1, -0.05) is 48.5 Å². The van der Waals surface area contributed by atoms with Crippen molar-refractivity contribution in [2.75, 3.05) is 16.8 Å². The Bertz CT molecular complexity index is 1280. The van der Waals surface area contributed by atoms with Gasteiger partial charge in [0.15, 0.2) is 0 Å². The Hall–Kier alpha value is -3.93. The Labute approximate surface area is 199 Å². The highest BCUT2D eigenvalue weighted by molar-refractivity contribution is 6.22. The molecule has 0 saturated carbocycles. The van der Waals surface area contributed by atoms with Crippen LogP contribution in [0.1, 0.15) is 56.8 Å². The third-order valence-electron chi connectivity index (χ3n) is 6.82. The third-order valence-corrected chi connectivity index (χ3v) is 6.82. The van der Waals surface area contributed by atoms with Crippen molar-refractivity contribution in [2.45, 2.75) is 39.3 Å². The summed E-state index contributed by atoms with van der Waals surface area (Å²) in [5.41, 5.74) is 5.81. The van der Waals surface area contributed by atoms with Crippen molar-refractivity contribution in [2.24, 2.45) is 0 Å². The van der Waals surface area contributed by atoms with Crippen LogP contribution in [0.4, 0.5) is 11.4 Å². The average molecular weight is 454 g/mol. The van der Waals surface area contributed by atoms with E-state index < -0.39 is 11.8 Å². The van der Waals surface area contributed by atoms with Gasteiger partial charge in [0.1, 0.15) is 6.54 Å². The standard InChI is InChI=1S/C28H27N3O3/c1-17-9-4-7-14-23(17)29-24-15-19(3)31(26-18(2)10-8-13-22(24)26)25(32)16-30-27(33)20-11-5-6-12-21(20)28(30)34/h4-14,19,24,29H,15-16H2,1-3H3. The molecule has 0 aliphatic carbocycles. The molecular weight excluding hydrogens is 426 g/mol. The van der Waals surface area contributed by atoms with E-state index in [0.717, 1.165) is 33.0 Å². The molecule has 3 amide bonds. The molecule has 6 heteroatoms. The quantitative estimate of drug-likeness (QED) is 0.572. The van der Waals surface area contributed by atoms with Gasteiger partial charge in [-0.2, -0.15) is 0 Å². The number of imide groups is 1. The lowest BCUT2D eigenvalue weighted by Crippen LogP contribution is -2.49. The Balaban J connectivity index is 1.45. The zero-order valence-electron chi connectivity index (χ0n) is 19.5. The van der Waals surface area contributed by atoms with E-state index in [-0.39, 0.29) is 24.5 Å². The molecule has 0 aromatic heterocycles. The molecule has 0 fully saturated rings. The number of aryl methyl sites for hydroxylation is 2. The molecule has 5 rings (SSSR count). The molecule has 0 spiro atoms. The molecule has 2 heterocycles. The van der Waals surface area contributed by atoms with E-state index >= 15 is 0 Å². The minimum absolute atomic E-state index is 0.0364. The van der Waals surface area contributed by atoms with Gasteiger partial charge in [-0.25, -0.2) is 0 Å². The maximum absolute atomic E-state index is 13.6. The van der Waals surface area contributed by atoms with Gasteiger partial charge in [-0.3, -0.25) is 19.3 Å². The zero-order chi connectivity index (χ0) is 24.0. The summed E-state index contributed by atoms with van der Waals surface area (Å²) in [6, 6.07) is 20.8. The van der Waals surface area contributed by atoms with Crippen molar-refractivity contribution in [3.8, 4) is 0 Å². The molecule has 3 aromatic carbocycles. The number of anilines is 2. The number of hydrogen-bond acceptors (Lipinski definition) is 4. The van der Waals surface area contributed by atoms with E-state index in [1.807, 2.05) is 44.2 Å². The topological polar surface area (TPSA) is 69.7 Å². The summed E-state index contributed by atoms with van der Waals surface area (Å²) in [7, 11) is 0. The van der Waals surface area contributed by atoms with Crippen LogP contribution in [0.25, 0.3) is 0 Å². The van der Waals surface area contributed by atoms with Crippen LogP contribution in [0, 0.1) is 13.8 Å². The van der Waals surface area contributed by atoms with Gasteiger partial charge in [0.05, 0.1) is 22.9 Å². The highest BCUT2D eigenvalue weighted by Gasteiger charge is 2.40. The summed E-state index contributed by atoms with van der Waals surface area (Å²) >= 11 is 0. The first kappa shape index (κ1) is 21.9. The van der Waals surface area contributed by atoms with E-state index in [9.17, 15) is 14.4 Å². The predicted molar refractivity (Wildman–Crippen MR) is 132 cm³/mol. The maximum atomic E-state index is 13.6. The monoisotopic (exact) mass is 453 g/mol. The highest BCUT2D eigenvalue weighted by Crippen LogP contribution is 2.41. The SMILES string of the molecule is Cc1ccccc1NC1CC(C)N(C(=O)CN2C(=O)c3ccccc3C2=O)c2c(C)cccc21. The van der Waals surface area contributed by atoms with Crippen LogP contribution >= 0.6 is 0 Å². The van der Waals surface area contributed by atoms with Crippen LogP contribution < -0.4 is 10.2 Å². The molecule has 0 saturated heterocycles. The fraction of sp³-hybridized carbons (Fsp3) is 0.250. The lowest BCUT2D eigenvalue weighted by atomic mass is 9.89. The smallest absolute Gasteiger partial charge is 0.262 e. The average Bonchev–Trinajstić information content (AvgIpc) is 3.06. The van der Waals surface area contributed by atoms with Gasteiger partial charge in [-0.15, -0.1) is 0 Å². The van der Waals surface area contributed by atoms with Crippen LogP contribution in [0.15, 0.2) is 66.7 Å². The van der Waals surface area contributed by atoms with Crippen LogP contribution in [0.2, 0.25) is 0 Å². The number of carbonyl (C=O) groups excluding carboxylic acids is 3. The van der Waals surface area contributed by atoms with Gasteiger partial charge in [0, 0.05) is 11.7 Å². The second-order valence-electron chi connectivity index (χ2n) is 9.12. The van der Waals surface area contributed by atoms with E-state index in [0.29, 0.717) is 17.5 Å². The summed E-state index contributed by atoms with van der Waals surface area (Å²) in [4.78, 5) is 42.1. The first-order chi connectivity index (χ1) is 16.4. The third kappa shape index (κ3) is 3.55. The summed E-state index contributed by atoms with van der Waals surface area (Å²) in [5, 5.41) is 3.66. The Morgan fingerprint density at radius 1 is 0.882 bits per heavy atom. The number of para-hydroxylation sites is 2. The lowest BCUT2D eigenvalue weighted by Gasteiger charge is -2.41. The number of benzene rings is 3. The molecule has 0 radical (unpaired) electrons. The highest BCUT2D eigenvalue weighted by atomic mass is 16.2. The van der Waals surface area contributed by atoms with Crippen molar-refractivity contribution in [3.05, 3.63) is 94.5 Å². The molecule has 6 nitrogen and oxygen atoms in total. The molecule has 172 valence electrons. The fourth-order valence-corrected chi connectivity index (χ4v) is 5.11. The molecule has 34 heavy (non-hydrogen) atoms. The Morgan fingerprint density at radius 2 is 1.50 bits per heavy atom. The number of fused-ring (bicyclic) bond motifs is 2. The molecule has 2 atom stereocenters. The van der Waals surface area contributed by atoms with Crippen molar-refractivity contribution in [3.63, 3.8) is 0 Å². The Kier molecular flexibility index (Phi) is 5.44. The first-order valence-electron chi connectivity index (χ1n) is 11.6. The van der Waals surface area contributed by atoms with Gasteiger partial charge < -0.3 is 10.2 Å². The molecule has 2 unspecified atom stereocenters. The Morgan fingerprint density at radius 3 is 2.18 bits per heavy atom. The second kappa shape index (κ2) is 8.45. The van der Waals surface area contributed by atoms with Crippen LogP contribution in [-0.4, -0.2) is 35.2 Å². The minimum Gasteiger partial charge on any atom is -0.378 e. The number of amides is 3. The summed E-state index contributed by atoms with van der Waals surface area (Å²) in [6.07, 6.45) is 0.707. The largest absolute Gasteiger partial charge is 0.378 e. The van der Waals surface area contributed by atoms with Gasteiger partial charge >= 0.3 is 0 Å². The van der Waals surface area contributed by atoms with E-state index in [1.165, 1.54) is 0 Å². The van der Waals surface area contributed by atoms with Gasteiger partial charge in [0.25, 0.3) is 11.8 Å². The van der Waals surface area contributed by atoms with Crippen LogP contribution in [0.5, 0.6) is 0 Å². The van der Waals surface area contributed by atoms with Crippen LogP contribution in [0.3, 0.4) is 0 Å². The summed E-state index contributed by atoms with van der Waals surface area (Å²) < 4.78 is 0. The number of nitrogens with zero attached hydrogens (tertiary/aromatic N) is 2. The number of nitrogens with one attached hydrogen (secondary N) is 1. The molecule has 2 aliphatic rings. The molecule has 1 N–H and O–H groups in total. The summed E-state index contributed by atoms with van der Waals surface area (Å²) in [5.74, 6) is -1.09. The predicted octanol–water partition coefficient (Wildman–Crippen LogP) is 4.88. The van der Waals surface area contributed by atoms with Gasteiger partial charge in [0.2, 0.25) is 5.91 Å². The molecule has 3 aromatic rings. The van der Waals surface area contributed by atoms with Gasteiger partial charge in [-0.05, 0) is 62.1 Å². The van der Waals surface area contributed by atoms with Crippen molar-refractivity contribution in [1.29, 1.82) is 0 Å². The molecule has 0 bridgehead atoms. The normalized spacial score (nSPS) is 19.1. The second-order valence-corrected chi connectivity index (χ2v) is 9.12. The fourth-order valence-electron chi connectivity index (χ4n) is 5.11. The first-order valence-corrected chi connectivity index (χ1v) is 11.6. The number of hydrogen-bond donors (Lipinski definition) is 1. The minimum atomic E-state index is -0.414. The van der Waals surface area contributed by atoms with Crippen molar-refractivity contribution < 1.29 is 14.4 Å². The van der Waals surface area contributed by atoms with Crippen LogP contribution in [-0.2, 0) is 4.79 Å².